The smallest absolute Gasteiger partial charge is 0.416 e. The van der Waals surface area contributed by atoms with Crippen molar-refractivity contribution in [1.29, 1.82) is 0 Å². The number of hydrogen-bond acceptors (Lipinski definition) is 8. The number of carboxylic acid groups (broad SMARTS) is 1. The Bertz CT molecular complexity index is 1110. The summed E-state index contributed by atoms with van der Waals surface area (Å²) < 4.78 is 45.5. The fraction of sp³-hybridized carbons (Fsp3) is 0.364. The lowest BCUT2D eigenvalue weighted by Gasteiger charge is -2.13. The van der Waals surface area contributed by atoms with E-state index in [1.54, 1.807) is 0 Å². The summed E-state index contributed by atoms with van der Waals surface area (Å²) >= 11 is 0. The minimum absolute atomic E-state index is 0.0298. The molecule has 35 heavy (non-hydrogen) atoms. The van der Waals surface area contributed by atoms with E-state index in [9.17, 15) is 22.8 Å². The lowest BCUT2D eigenvalue weighted by Crippen LogP contribution is -2.14. The molecule has 10 nitrogen and oxygen atoms in total. The summed E-state index contributed by atoms with van der Waals surface area (Å²) in [5, 5.41) is 20.2. The highest BCUT2D eigenvalue weighted by molar-refractivity contribution is 6.32. The van der Waals surface area contributed by atoms with E-state index in [4.69, 9.17) is 9.84 Å². The number of halogens is 3. The normalized spacial score (nSPS) is 13.9. The Morgan fingerprint density at radius 3 is 2.71 bits per heavy atom. The van der Waals surface area contributed by atoms with Gasteiger partial charge >= 0.3 is 12.1 Å². The van der Waals surface area contributed by atoms with E-state index in [0.717, 1.165) is 25.1 Å². The van der Waals surface area contributed by atoms with E-state index in [2.05, 4.69) is 31.2 Å². The summed E-state index contributed by atoms with van der Waals surface area (Å²) in [5.41, 5.74) is -0.368. The van der Waals surface area contributed by atoms with Gasteiger partial charge in [-0.05, 0) is 38.6 Å². The number of nitrogens with one attached hydrogen (secondary N) is 4. The maximum Gasteiger partial charge on any atom is 0.416 e. The topological polar surface area (TPSA) is 138 Å². The van der Waals surface area contributed by atoms with E-state index in [1.165, 1.54) is 18.6 Å². The highest BCUT2D eigenvalue weighted by Gasteiger charge is 2.32. The van der Waals surface area contributed by atoms with Crippen LogP contribution in [-0.4, -0.2) is 53.7 Å². The highest BCUT2D eigenvalue weighted by atomic mass is 19.4. The largest absolute Gasteiger partial charge is 0.493 e. The second kappa shape index (κ2) is 11.5. The third kappa shape index (κ3) is 7.06. The van der Waals surface area contributed by atoms with Crippen molar-refractivity contribution in [2.24, 2.45) is 0 Å². The van der Waals surface area contributed by atoms with Gasteiger partial charge in [0.05, 0.1) is 23.3 Å². The number of anilines is 3. The predicted molar refractivity (Wildman–Crippen MR) is 123 cm³/mol. The number of fused-ring (bicyclic) bond motifs is 1. The van der Waals surface area contributed by atoms with Crippen molar-refractivity contribution in [3.05, 3.63) is 41.9 Å². The van der Waals surface area contributed by atoms with Crippen LogP contribution in [0.2, 0.25) is 0 Å². The molecule has 0 radical (unpaired) electrons. The summed E-state index contributed by atoms with van der Waals surface area (Å²) in [4.78, 5) is 31.4. The van der Waals surface area contributed by atoms with Gasteiger partial charge in [0.1, 0.15) is 23.7 Å². The van der Waals surface area contributed by atoms with Gasteiger partial charge in [-0.3, -0.25) is 9.59 Å². The van der Waals surface area contributed by atoms with Crippen molar-refractivity contribution in [3.63, 3.8) is 0 Å². The number of alkyl halides is 3. The molecule has 188 valence electrons. The summed E-state index contributed by atoms with van der Waals surface area (Å²) in [6, 6.07) is 3.05. The molecule has 2 heterocycles. The van der Waals surface area contributed by atoms with Crippen LogP contribution in [0.25, 0.3) is 5.57 Å². The number of rotatable bonds is 12. The maximum atomic E-state index is 13.4. The first kappa shape index (κ1) is 25.7. The molecule has 3 rings (SSSR count). The quantitative estimate of drug-likeness (QED) is 0.223. The number of carbonyl (C=O) groups is 2. The molecule has 1 aromatic heterocycles. The molecular formula is C22H25F3N6O4. The summed E-state index contributed by atoms with van der Waals surface area (Å²) in [5.74, 6) is -0.882. The van der Waals surface area contributed by atoms with Gasteiger partial charge in [-0.25, -0.2) is 9.97 Å². The second-order valence-electron chi connectivity index (χ2n) is 7.58. The number of ether oxygens (including phenoxy) is 1. The second-order valence-corrected chi connectivity index (χ2v) is 7.58. The number of benzene rings is 1. The third-order valence-electron chi connectivity index (χ3n) is 4.91. The van der Waals surface area contributed by atoms with Crippen LogP contribution < -0.4 is 26.0 Å². The highest BCUT2D eigenvalue weighted by Crippen LogP contribution is 2.36. The van der Waals surface area contributed by atoms with Gasteiger partial charge in [-0.15, -0.1) is 0 Å². The zero-order valence-corrected chi connectivity index (χ0v) is 18.8. The molecule has 1 aliphatic heterocycles. The minimum atomic E-state index is -4.64. The fourth-order valence-electron chi connectivity index (χ4n) is 3.27. The van der Waals surface area contributed by atoms with Crippen LogP contribution in [0.4, 0.5) is 30.5 Å². The Morgan fingerprint density at radius 2 is 2.00 bits per heavy atom. The van der Waals surface area contributed by atoms with Crippen LogP contribution in [0.1, 0.15) is 30.4 Å². The standard InChI is InChI=1S/C22H25F3N6O4/c1-26-5-3-6-27-19-18-16(21(34)31-20(18)30-12-29-19)11-28-14-8-13(22(23,24)25)9-15(10-14)35-7-2-4-17(32)33/h8-12,26,28H,2-7H2,1H3,(H,32,33)(H2,27,29,30,31,34)/b16-11-. The minimum Gasteiger partial charge on any atom is -0.493 e. The van der Waals surface area contributed by atoms with E-state index < -0.39 is 23.6 Å². The molecular weight excluding hydrogens is 469 g/mol. The Kier molecular flexibility index (Phi) is 8.47. The molecule has 0 saturated carbocycles. The Morgan fingerprint density at radius 1 is 1.20 bits per heavy atom. The molecule has 0 spiro atoms. The molecule has 13 heteroatoms. The zero-order chi connectivity index (χ0) is 25.4. The van der Waals surface area contributed by atoms with Crippen LogP contribution in [-0.2, 0) is 15.8 Å². The van der Waals surface area contributed by atoms with Crippen LogP contribution in [0, 0.1) is 0 Å². The molecule has 0 saturated heterocycles. The van der Waals surface area contributed by atoms with E-state index in [-0.39, 0.29) is 36.5 Å². The zero-order valence-electron chi connectivity index (χ0n) is 18.8. The average Bonchev–Trinajstić information content (AvgIpc) is 3.13. The maximum absolute atomic E-state index is 13.4. The fourth-order valence-corrected chi connectivity index (χ4v) is 3.27. The molecule has 0 atom stereocenters. The Labute approximate surface area is 199 Å². The van der Waals surface area contributed by atoms with Crippen LogP contribution in [0.3, 0.4) is 0 Å². The molecule has 1 amide bonds. The number of carbonyl (C=O) groups excluding carboxylic acids is 1. The van der Waals surface area contributed by atoms with Gasteiger partial charge < -0.3 is 31.1 Å². The molecule has 5 N–H and O–H groups in total. The van der Waals surface area contributed by atoms with E-state index in [1.807, 2.05) is 7.05 Å². The predicted octanol–water partition coefficient (Wildman–Crippen LogP) is 3.17. The summed E-state index contributed by atoms with van der Waals surface area (Å²) in [6.45, 7) is 1.29. The molecule has 0 aliphatic carbocycles. The Hall–Kier alpha value is -3.87. The lowest BCUT2D eigenvalue weighted by molar-refractivity contribution is -0.138. The van der Waals surface area contributed by atoms with Gasteiger partial charge in [-0.1, -0.05) is 0 Å². The van der Waals surface area contributed by atoms with Gasteiger partial charge in [0.15, 0.2) is 0 Å². The number of aromatic nitrogens is 2. The van der Waals surface area contributed by atoms with Crippen molar-refractivity contribution in [3.8, 4) is 5.75 Å². The number of carboxylic acids is 1. The summed E-state index contributed by atoms with van der Waals surface area (Å²) in [6.07, 6.45) is -1.28. The monoisotopic (exact) mass is 494 g/mol. The lowest BCUT2D eigenvalue weighted by atomic mass is 10.1. The summed E-state index contributed by atoms with van der Waals surface area (Å²) in [7, 11) is 1.83. The van der Waals surface area contributed by atoms with Crippen molar-refractivity contribution >= 4 is 34.8 Å². The average molecular weight is 494 g/mol. The van der Waals surface area contributed by atoms with Crippen molar-refractivity contribution in [2.75, 3.05) is 42.7 Å². The Balaban J connectivity index is 1.83. The number of hydrogen-bond donors (Lipinski definition) is 5. The number of nitrogens with zero attached hydrogens (tertiary/aromatic N) is 2. The van der Waals surface area contributed by atoms with Gasteiger partial charge in [0.2, 0.25) is 0 Å². The first-order valence-electron chi connectivity index (χ1n) is 10.8. The molecule has 2 aromatic rings. The molecule has 0 fully saturated rings. The van der Waals surface area contributed by atoms with Gasteiger partial charge in [-0.2, -0.15) is 13.2 Å². The van der Waals surface area contributed by atoms with Crippen LogP contribution in [0.5, 0.6) is 5.75 Å². The first-order chi connectivity index (χ1) is 16.7. The number of amides is 1. The third-order valence-corrected chi connectivity index (χ3v) is 4.91. The SMILES string of the molecule is CNCCCNc1ncnc2c1/C(=C/Nc1cc(OCCCC(=O)O)cc(C(F)(F)F)c1)C(=O)N2. The molecule has 0 unspecified atom stereocenters. The first-order valence-corrected chi connectivity index (χ1v) is 10.8. The van der Waals surface area contributed by atoms with Crippen molar-refractivity contribution in [2.45, 2.75) is 25.4 Å². The van der Waals surface area contributed by atoms with Crippen LogP contribution in [0.15, 0.2) is 30.7 Å². The van der Waals surface area contributed by atoms with E-state index >= 15 is 0 Å². The van der Waals surface area contributed by atoms with Gasteiger partial charge in [0.25, 0.3) is 5.91 Å². The number of aliphatic carboxylic acids is 1. The van der Waals surface area contributed by atoms with Gasteiger partial charge in [0, 0.05) is 30.9 Å². The van der Waals surface area contributed by atoms with Crippen LogP contribution >= 0.6 is 0 Å². The molecule has 0 bridgehead atoms. The van der Waals surface area contributed by atoms with Crippen molar-refractivity contribution in [1.82, 2.24) is 15.3 Å². The van der Waals surface area contributed by atoms with Crippen molar-refractivity contribution < 1.29 is 32.6 Å². The van der Waals surface area contributed by atoms with E-state index in [0.29, 0.717) is 23.7 Å². The molecule has 1 aliphatic rings. The molecule has 1 aromatic carbocycles.